The van der Waals surface area contributed by atoms with Crippen molar-refractivity contribution in [3.8, 4) is 5.75 Å². The third kappa shape index (κ3) is 7.88. The second-order valence-electron chi connectivity index (χ2n) is 5.14. The third-order valence-corrected chi connectivity index (χ3v) is 3.24. The van der Waals surface area contributed by atoms with E-state index in [0.29, 0.717) is 19.6 Å². The summed E-state index contributed by atoms with van der Waals surface area (Å²) in [5.74, 6) is -0.0880. The van der Waals surface area contributed by atoms with Gasteiger partial charge in [-0.2, -0.15) is 13.2 Å². The average molecular weight is 369 g/mol. The van der Waals surface area contributed by atoms with E-state index >= 15 is 0 Å². The second kappa shape index (κ2) is 11.1. The minimum Gasteiger partial charge on any atom is -0.492 e. The van der Waals surface area contributed by atoms with Crippen LogP contribution in [-0.2, 0) is 11.0 Å². The van der Waals surface area contributed by atoms with Gasteiger partial charge in [-0.05, 0) is 44.5 Å². The number of unbranched alkanes of at least 4 members (excludes halogenated alkanes) is 3. The van der Waals surface area contributed by atoms with Crippen molar-refractivity contribution in [2.24, 2.45) is 5.73 Å². The summed E-state index contributed by atoms with van der Waals surface area (Å²) in [7, 11) is 0. The standard InChI is InChI=1S/C16H23F3N2O2.ClH/c1-2-23-14-9-8-12(16(17,18)19)11-13(14)21-15(22)7-5-3-4-6-10-20;/h8-9,11H,2-7,10,20H2,1H3,(H,21,22);1H. The van der Waals surface area contributed by atoms with Crippen molar-refractivity contribution >= 4 is 24.0 Å². The Hall–Kier alpha value is -1.47. The zero-order valence-electron chi connectivity index (χ0n) is 13.6. The number of benzene rings is 1. The molecule has 1 amide bonds. The Kier molecular flexibility index (Phi) is 10.5. The average Bonchev–Trinajstić information content (AvgIpc) is 2.48. The Morgan fingerprint density at radius 3 is 2.46 bits per heavy atom. The summed E-state index contributed by atoms with van der Waals surface area (Å²) in [4.78, 5) is 11.9. The third-order valence-electron chi connectivity index (χ3n) is 3.24. The molecule has 8 heteroatoms. The lowest BCUT2D eigenvalue weighted by atomic mass is 10.1. The molecule has 0 heterocycles. The van der Waals surface area contributed by atoms with Gasteiger partial charge in [0.15, 0.2) is 0 Å². The fourth-order valence-electron chi connectivity index (χ4n) is 2.08. The number of rotatable bonds is 9. The zero-order valence-corrected chi connectivity index (χ0v) is 14.4. The van der Waals surface area contributed by atoms with Gasteiger partial charge in [0.1, 0.15) is 5.75 Å². The summed E-state index contributed by atoms with van der Waals surface area (Å²) in [6, 6.07) is 3.06. The molecule has 0 atom stereocenters. The van der Waals surface area contributed by atoms with Crippen LogP contribution in [0.1, 0.15) is 44.6 Å². The Bertz CT molecular complexity index is 511. The monoisotopic (exact) mass is 368 g/mol. The fourth-order valence-corrected chi connectivity index (χ4v) is 2.08. The summed E-state index contributed by atoms with van der Waals surface area (Å²) in [5.41, 5.74) is 4.61. The van der Waals surface area contributed by atoms with Crippen LogP contribution in [0.4, 0.5) is 18.9 Å². The Morgan fingerprint density at radius 1 is 1.21 bits per heavy atom. The molecule has 0 saturated heterocycles. The minimum absolute atomic E-state index is 0. The van der Waals surface area contributed by atoms with Gasteiger partial charge in [0.25, 0.3) is 0 Å². The van der Waals surface area contributed by atoms with E-state index in [1.165, 1.54) is 6.07 Å². The number of alkyl halides is 3. The number of halogens is 4. The molecule has 0 aliphatic heterocycles. The summed E-state index contributed by atoms with van der Waals surface area (Å²) in [6.45, 7) is 2.64. The first-order chi connectivity index (χ1) is 10.9. The first kappa shape index (κ1) is 22.5. The van der Waals surface area contributed by atoms with E-state index in [1.54, 1.807) is 6.92 Å². The first-order valence-electron chi connectivity index (χ1n) is 7.72. The van der Waals surface area contributed by atoms with E-state index in [9.17, 15) is 18.0 Å². The number of anilines is 1. The van der Waals surface area contributed by atoms with Gasteiger partial charge in [-0.15, -0.1) is 12.4 Å². The van der Waals surface area contributed by atoms with Crippen LogP contribution >= 0.6 is 12.4 Å². The molecular formula is C16H24ClF3N2O2. The van der Waals surface area contributed by atoms with E-state index in [4.69, 9.17) is 10.5 Å². The van der Waals surface area contributed by atoms with E-state index in [0.717, 1.165) is 31.4 Å². The van der Waals surface area contributed by atoms with Crippen LogP contribution < -0.4 is 15.8 Å². The maximum absolute atomic E-state index is 12.8. The van der Waals surface area contributed by atoms with Gasteiger partial charge in [-0.25, -0.2) is 0 Å². The van der Waals surface area contributed by atoms with Crippen molar-refractivity contribution in [2.45, 2.75) is 45.2 Å². The molecule has 1 rings (SSSR count). The predicted molar refractivity (Wildman–Crippen MR) is 90.6 cm³/mol. The lowest BCUT2D eigenvalue weighted by Gasteiger charge is -2.14. The largest absolute Gasteiger partial charge is 0.492 e. The highest BCUT2D eigenvalue weighted by Crippen LogP contribution is 2.35. The van der Waals surface area contributed by atoms with Crippen molar-refractivity contribution in [1.29, 1.82) is 0 Å². The number of amides is 1. The summed E-state index contributed by atoms with van der Waals surface area (Å²) in [5, 5.41) is 2.51. The van der Waals surface area contributed by atoms with E-state index in [2.05, 4.69) is 5.32 Å². The molecule has 0 radical (unpaired) electrons. The molecule has 138 valence electrons. The van der Waals surface area contributed by atoms with Crippen LogP contribution in [0.2, 0.25) is 0 Å². The highest BCUT2D eigenvalue weighted by atomic mass is 35.5. The molecule has 0 unspecified atom stereocenters. The normalized spacial score (nSPS) is 10.9. The summed E-state index contributed by atoms with van der Waals surface area (Å²) < 4.78 is 43.6. The number of nitrogens with one attached hydrogen (secondary N) is 1. The van der Waals surface area contributed by atoms with Crippen molar-refractivity contribution in [3.63, 3.8) is 0 Å². The molecule has 0 aromatic heterocycles. The highest BCUT2D eigenvalue weighted by Gasteiger charge is 2.31. The number of hydrogen-bond acceptors (Lipinski definition) is 3. The van der Waals surface area contributed by atoms with Crippen LogP contribution in [0.3, 0.4) is 0 Å². The summed E-state index contributed by atoms with van der Waals surface area (Å²) >= 11 is 0. The smallest absolute Gasteiger partial charge is 0.416 e. The van der Waals surface area contributed by atoms with Crippen molar-refractivity contribution in [3.05, 3.63) is 23.8 Å². The molecule has 0 fully saturated rings. The van der Waals surface area contributed by atoms with Crippen LogP contribution in [-0.4, -0.2) is 19.1 Å². The van der Waals surface area contributed by atoms with Gasteiger partial charge in [-0.3, -0.25) is 4.79 Å². The Labute approximate surface area is 146 Å². The number of carbonyl (C=O) groups is 1. The number of ether oxygens (including phenoxy) is 1. The number of nitrogens with two attached hydrogens (primary N) is 1. The number of hydrogen-bond donors (Lipinski definition) is 2. The molecule has 0 saturated carbocycles. The summed E-state index contributed by atoms with van der Waals surface area (Å²) in [6.07, 6.45) is -0.819. The van der Waals surface area contributed by atoms with Crippen molar-refractivity contribution in [2.75, 3.05) is 18.5 Å². The van der Waals surface area contributed by atoms with Gasteiger partial charge < -0.3 is 15.8 Å². The quantitative estimate of drug-likeness (QED) is 0.636. The van der Waals surface area contributed by atoms with Gasteiger partial charge >= 0.3 is 6.18 Å². The topological polar surface area (TPSA) is 64.3 Å². The predicted octanol–water partition coefficient (Wildman–Crippen LogP) is 4.37. The van der Waals surface area contributed by atoms with E-state index in [-0.39, 0.29) is 36.2 Å². The van der Waals surface area contributed by atoms with Gasteiger partial charge in [0.05, 0.1) is 17.9 Å². The van der Waals surface area contributed by atoms with Crippen LogP contribution in [0, 0.1) is 0 Å². The minimum atomic E-state index is -4.47. The molecule has 0 aliphatic carbocycles. The molecule has 0 aliphatic rings. The molecule has 3 N–H and O–H groups in total. The van der Waals surface area contributed by atoms with Crippen LogP contribution in [0.5, 0.6) is 5.75 Å². The molecular weight excluding hydrogens is 345 g/mol. The second-order valence-corrected chi connectivity index (χ2v) is 5.14. The molecule has 24 heavy (non-hydrogen) atoms. The zero-order chi connectivity index (χ0) is 17.3. The lowest BCUT2D eigenvalue weighted by Crippen LogP contribution is -2.14. The van der Waals surface area contributed by atoms with Gasteiger partial charge in [0, 0.05) is 6.42 Å². The van der Waals surface area contributed by atoms with E-state index in [1.807, 2.05) is 0 Å². The van der Waals surface area contributed by atoms with E-state index < -0.39 is 11.7 Å². The Morgan fingerprint density at radius 2 is 1.88 bits per heavy atom. The fraction of sp³-hybridized carbons (Fsp3) is 0.562. The molecule has 4 nitrogen and oxygen atoms in total. The van der Waals surface area contributed by atoms with Crippen molar-refractivity contribution in [1.82, 2.24) is 0 Å². The maximum atomic E-state index is 12.8. The van der Waals surface area contributed by atoms with Crippen molar-refractivity contribution < 1.29 is 22.7 Å². The Balaban J connectivity index is 0.00000529. The maximum Gasteiger partial charge on any atom is 0.416 e. The van der Waals surface area contributed by atoms with Crippen LogP contribution in [0.15, 0.2) is 18.2 Å². The van der Waals surface area contributed by atoms with Gasteiger partial charge in [-0.1, -0.05) is 12.8 Å². The van der Waals surface area contributed by atoms with Crippen LogP contribution in [0.25, 0.3) is 0 Å². The molecule has 1 aromatic carbocycles. The highest BCUT2D eigenvalue weighted by molar-refractivity contribution is 5.92. The lowest BCUT2D eigenvalue weighted by molar-refractivity contribution is -0.137. The van der Waals surface area contributed by atoms with Gasteiger partial charge in [0.2, 0.25) is 5.91 Å². The SMILES string of the molecule is CCOc1ccc(C(F)(F)F)cc1NC(=O)CCCCCCN.Cl. The molecule has 0 bridgehead atoms. The number of carbonyl (C=O) groups excluding carboxylic acids is 1. The first-order valence-corrected chi connectivity index (χ1v) is 7.72. The molecule has 0 spiro atoms. The molecule has 1 aromatic rings.